The standard InChI is InChI=1S/C14H24N2O5/c17-13(16-6-9-20-10-7-16)11-15-4-1-12(2-5-15)21-8-3-14(18)19/h12H,1-11H2,(H,18,19). The lowest BCUT2D eigenvalue weighted by atomic mass is 10.1. The zero-order valence-corrected chi connectivity index (χ0v) is 12.3. The SMILES string of the molecule is O=C(O)CCOC1CCN(CC(=O)N2CCOCC2)CC1. The van der Waals surface area contributed by atoms with Crippen molar-refractivity contribution in [1.82, 2.24) is 9.80 Å². The molecule has 7 nitrogen and oxygen atoms in total. The third kappa shape index (κ3) is 5.61. The molecule has 2 fully saturated rings. The Hall–Kier alpha value is -1.18. The molecule has 0 atom stereocenters. The quantitative estimate of drug-likeness (QED) is 0.732. The van der Waals surface area contributed by atoms with Gasteiger partial charge in [0.25, 0.3) is 0 Å². The van der Waals surface area contributed by atoms with Gasteiger partial charge < -0.3 is 19.5 Å². The summed E-state index contributed by atoms with van der Waals surface area (Å²) in [5, 5.41) is 8.57. The van der Waals surface area contributed by atoms with Gasteiger partial charge in [0, 0.05) is 26.2 Å². The Morgan fingerprint density at radius 2 is 1.81 bits per heavy atom. The molecule has 1 N–H and O–H groups in total. The first-order valence-corrected chi connectivity index (χ1v) is 7.56. The third-order valence-corrected chi connectivity index (χ3v) is 3.93. The van der Waals surface area contributed by atoms with Gasteiger partial charge in [-0.1, -0.05) is 0 Å². The molecule has 2 saturated heterocycles. The van der Waals surface area contributed by atoms with Crippen LogP contribution in [0.3, 0.4) is 0 Å². The lowest BCUT2D eigenvalue weighted by Crippen LogP contribution is -2.48. The van der Waals surface area contributed by atoms with E-state index in [0.29, 0.717) is 32.8 Å². The van der Waals surface area contributed by atoms with Crippen molar-refractivity contribution >= 4 is 11.9 Å². The smallest absolute Gasteiger partial charge is 0.305 e. The molecule has 2 heterocycles. The van der Waals surface area contributed by atoms with Gasteiger partial charge in [-0.25, -0.2) is 0 Å². The summed E-state index contributed by atoms with van der Waals surface area (Å²) in [5.74, 6) is -0.660. The van der Waals surface area contributed by atoms with E-state index in [1.165, 1.54) is 0 Å². The Morgan fingerprint density at radius 3 is 2.43 bits per heavy atom. The van der Waals surface area contributed by atoms with E-state index in [2.05, 4.69) is 4.90 Å². The summed E-state index contributed by atoms with van der Waals surface area (Å²) in [7, 11) is 0. The second kappa shape index (κ2) is 8.31. The van der Waals surface area contributed by atoms with Crippen molar-refractivity contribution in [2.45, 2.75) is 25.4 Å². The number of amides is 1. The van der Waals surface area contributed by atoms with Gasteiger partial charge in [0.05, 0.1) is 38.9 Å². The van der Waals surface area contributed by atoms with Crippen LogP contribution in [0.1, 0.15) is 19.3 Å². The number of likely N-dealkylation sites (tertiary alicyclic amines) is 1. The first kappa shape index (κ1) is 16.2. The van der Waals surface area contributed by atoms with Gasteiger partial charge in [0.15, 0.2) is 0 Å². The summed E-state index contributed by atoms with van der Waals surface area (Å²) in [6.45, 7) is 5.02. The minimum absolute atomic E-state index is 0.0513. The number of carboxylic acids is 1. The maximum Gasteiger partial charge on any atom is 0.305 e. The fourth-order valence-corrected chi connectivity index (χ4v) is 2.65. The molecule has 1 amide bonds. The molecule has 120 valence electrons. The zero-order valence-electron chi connectivity index (χ0n) is 12.3. The van der Waals surface area contributed by atoms with Crippen LogP contribution in [0.15, 0.2) is 0 Å². The van der Waals surface area contributed by atoms with Crippen molar-refractivity contribution < 1.29 is 24.2 Å². The van der Waals surface area contributed by atoms with Crippen molar-refractivity contribution in [3.05, 3.63) is 0 Å². The van der Waals surface area contributed by atoms with E-state index in [-0.39, 0.29) is 25.0 Å². The van der Waals surface area contributed by atoms with Gasteiger partial charge in [-0.15, -0.1) is 0 Å². The van der Waals surface area contributed by atoms with Gasteiger partial charge in [-0.05, 0) is 12.8 Å². The number of carbonyl (C=O) groups is 2. The molecule has 2 aliphatic heterocycles. The number of piperidine rings is 1. The van der Waals surface area contributed by atoms with Gasteiger partial charge in [0.2, 0.25) is 5.91 Å². The molecule has 0 aromatic heterocycles. The number of ether oxygens (including phenoxy) is 2. The van der Waals surface area contributed by atoms with Gasteiger partial charge >= 0.3 is 5.97 Å². The van der Waals surface area contributed by atoms with E-state index in [1.807, 2.05) is 4.90 Å². The number of hydrogen-bond acceptors (Lipinski definition) is 5. The largest absolute Gasteiger partial charge is 0.481 e. The maximum atomic E-state index is 12.1. The van der Waals surface area contributed by atoms with E-state index < -0.39 is 5.97 Å². The number of hydrogen-bond donors (Lipinski definition) is 1. The molecule has 0 radical (unpaired) electrons. The molecule has 7 heteroatoms. The summed E-state index contributed by atoms with van der Waals surface area (Å²) in [5.41, 5.74) is 0. The Kier molecular flexibility index (Phi) is 6.41. The summed E-state index contributed by atoms with van der Waals surface area (Å²) in [6.07, 6.45) is 1.89. The molecular weight excluding hydrogens is 276 g/mol. The van der Waals surface area contributed by atoms with Crippen LogP contribution in [0, 0.1) is 0 Å². The van der Waals surface area contributed by atoms with Crippen molar-refractivity contribution in [2.75, 3.05) is 52.5 Å². The molecule has 0 unspecified atom stereocenters. The van der Waals surface area contributed by atoms with Crippen LogP contribution in [0.4, 0.5) is 0 Å². The number of aliphatic carboxylic acids is 1. The minimum Gasteiger partial charge on any atom is -0.481 e. The Labute approximate surface area is 124 Å². The highest BCUT2D eigenvalue weighted by atomic mass is 16.5. The van der Waals surface area contributed by atoms with E-state index >= 15 is 0 Å². The van der Waals surface area contributed by atoms with Crippen LogP contribution >= 0.6 is 0 Å². The lowest BCUT2D eigenvalue weighted by Gasteiger charge is -2.34. The highest BCUT2D eigenvalue weighted by molar-refractivity contribution is 5.78. The van der Waals surface area contributed by atoms with E-state index in [4.69, 9.17) is 14.6 Å². The van der Waals surface area contributed by atoms with Crippen LogP contribution in [0.25, 0.3) is 0 Å². The minimum atomic E-state index is -0.830. The Bertz CT molecular complexity index is 349. The van der Waals surface area contributed by atoms with Gasteiger partial charge in [-0.2, -0.15) is 0 Å². The molecule has 0 saturated carbocycles. The lowest BCUT2D eigenvalue weighted by molar-refractivity contribution is -0.140. The highest BCUT2D eigenvalue weighted by Gasteiger charge is 2.24. The molecule has 0 aromatic rings. The zero-order chi connectivity index (χ0) is 15.1. The van der Waals surface area contributed by atoms with Crippen molar-refractivity contribution in [1.29, 1.82) is 0 Å². The van der Waals surface area contributed by atoms with Gasteiger partial charge in [-0.3, -0.25) is 14.5 Å². The molecule has 0 bridgehead atoms. The number of carboxylic acid groups (broad SMARTS) is 1. The average molecular weight is 300 g/mol. The van der Waals surface area contributed by atoms with Crippen molar-refractivity contribution in [3.63, 3.8) is 0 Å². The molecule has 2 aliphatic rings. The predicted octanol–water partition coefficient (Wildman–Crippen LogP) is -0.199. The van der Waals surface area contributed by atoms with Gasteiger partial charge in [0.1, 0.15) is 0 Å². The highest BCUT2D eigenvalue weighted by Crippen LogP contribution is 2.14. The first-order chi connectivity index (χ1) is 10.1. The molecular formula is C14H24N2O5. The van der Waals surface area contributed by atoms with Crippen LogP contribution in [-0.4, -0.2) is 85.4 Å². The number of nitrogens with zero attached hydrogens (tertiary/aromatic N) is 2. The number of rotatable bonds is 6. The van der Waals surface area contributed by atoms with Crippen molar-refractivity contribution in [3.8, 4) is 0 Å². The molecule has 0 aliphatic carbocycles. The Morgan fingerprint density at radius 1 is 1.14 bits per heavy atom. The van der Waals surface area contributed by atoms with Crippen molar-refractivity contribution in [2.24, 2.45) is 0 Å². The third-order valence-electron chi connectivity index (χ3n) is 3.93. The predicted molar refractivity (Wildman–Crippen MR) is 75.1 cm³/mol. The number of carbonyl (C=O) groups excluding carboxylic acids is 1. The maximum absolute atomic E-state index is 12.1. The summed E-state index contributed by atoms with van der Waals surface area (Å²) in [6, 6.07) is 0. The topological polar surface area (TPSA) is 79.3 Å². The Balaban J connectivity index is 1.62. The monoisotopic (exact) mass is 300 g/mol. The summed E-state index contributed by atoms with van der Waals surface area (Å²) >= 11 is 0. The summed E-state index contributed by atoms with van der Waals surface area (Å²) < 4.78 is 10.8. The molecule has 21 heavy (non-hydrogen) atoms. The van der Waals surface area contributed by atoms with E-state index in [1.54, 1.807) is 0 Å². The van der Waals surface area contributed by atoms with Crippen LogP contribution in [0.5, 0.6) is 0 Å². The normalized spacial score (nSPS) is 21.4. The summed E-state index contributed by atoms with van der Waals surface area (Å²) in [4.78, 5) is 26.6. The first-order valence-electron chi connectivity index (χ1n) is 7.56. The fourth-order valence-electron chi connectivity index (χ4n) is 2.65. The van der Waals surface area contributed by atoms with Crippen LogP contribution < -0.4 is 0 Å². The second-order valence-corrected chi connectivity index (χ2v) is 5.48. The average Bonchev–Trinajstić information content (AvgIpc) is 2.49. The molecule has 0 aromatic carbocycles. The van der Waals surface area contributed by atoms with Crippen LogP contribution in [0.2, 0.25) is 0 Å². The molecule has 2 rings (SSSR count). The number of morpholine rings is 1. The van der Waals surface area contributed by atoms with E-state index in [0.717, 1.165) is 25.9 Å². The fraction of sp³-hybridized carbons (Fsp3) is 0.857. The van der Waals surface area contributed by atoms with Crippen LogP contribution in [-0.2, 0) is 19.1 Å². The molecule has 0 spiro atoms. The second-order valence-electron chi connectivity index (χ2n) is 5.48. The van der Waals surface area contributed by atoms with E-state index in [9.17, 15) is 9.59 Å².